The average Bonchev–Trinajstić information content (AvgIpc) is 3.08. The molecular formula is C15H11ClN4S. The van der Waals surface area contributed by atoms with Gasteiger partial charge in [-0.1, -0.05) is 29.4 Å². The molecule has 21 heavy (non-hydrogen) atoms. The van der Waals surface area contributed by atoms with Crippen molar-refractivity contribution in [1.82, 2.24) is 19.4 Å². The smallest absolute Gasteiger partial charge is 0.166 e. The van der Waals surface area contributed by atoms with E-state index in [0.29, 0.717) is 5.02 Å². The van der Waals surface area contributed by atoms with Crippen molar-refractivity contribution in [2.24, 2.45) is 0 Å². The van der Waals surface area contributed by atoms with E-state index in [0.717, 1.165) is 33.3 Å². The Kier molecular flexibility index (Phi) is 3.09. The van der Waals surface area contributed by atoms with Gasteiger partial charge in [-0.15, -0.1) is 0 Å². The van der Waals surface area contributed by atoms with E-state index in [1.165, 1.54) is 0 Å². The molecule has 0 atom stereocenters. The van der Waals surface area contributed by atoms with Crippen LogP contribution >= 0.6 is 23.4 Å². The van der Waals surface area contributed by atoms with E-state index < -0.39 is 0 Å². The summed E-state index contributed by atoms with van der Waals surface area (Å²) in [6.07, 6.45) is 3.93. The monoisotopic (exact) mass is 314 g/mol. The SMILES string of the molecule is Clc1ccc2nc(SCc3cnc4ccccn34)[nH]c2c1. The highest BCUT2D eigenvalue weighted by atomic mass is 35.5. The van der Waals surface area contributed by atoms with Gasteiger partial charge < -0.3 is 9.38 Å². The standard InChI is InChI=1S/C15H11ClN4S/c16-10-4-5-12-13(7-10)19-15(18-12)21-9-11-8-17-14-3-1-2-6-20(11)14/h1-8H,9H2,(H,18,19). The van der Waals surface area contributed by atoms with Crippen LogP contribution in [0.3, 0.4) is 0 Å². The molecule has 0 spiro atoms. The molecule has 0 radical (unpaired) electrons. The Morgan fingerprint density at radius 1 is 1.24 bits per heavy atom. The number of fused-ring (bicyclic) bond motifs is 2. The van der Waals surface area contributed by atoms with Crippen LogP contribution in [0.15, 0.2) is 53.9 Å². The largest absolute Gasteiger partial charge is 0.333 e. The van der Waals surface area contributed by atoms with Gasteiger partial charge in [-0.05, 0) is 30.3 Å². The molecule has 0 amide bonds. The highest BCUT2D eigenvalue weighted by Gasteiger charge is 2.07. The van der Waals surface area contributed by atoms with E-state index in [-0.39, 0.29) is 0 Å². The number of aromatic nitrogens is 4. The maximum Gasteiger partial charge on any atom is 0.166 e. The van der Waals surface area contributed by atoms with E-state index in [1.807, 2.05) is 48.8 Å². The molecule has 0 aliphatic rings. The fourth-order valence-electron chi connectivity index (χ4n) is 2.26. The van der Waals surface area contributed by atoms with Gasteiger partial charge in [0.1, 0.15) is 5.65 Å². The number of aromatic amines is 1. The second-order valence-corrected chi connectivity index (χ2v) is 6.07. The lowest BCUT2D eigenvalue weighted by Crippen LogP contribution is -1.89. The number of rotatable bonds is 3. The molecule has 0 fully saturated rings. The predicted octanol–water partition coefficient (Wildman–Crippen LogP) is 4.16. The molecule has 4 aromatic rings. The first-order chi connectivity index (χ1) is 10.3. The fraction of sp³-hybridized carbons (Fsp3) is 0.0667. The van der Waals surface area contributed by atoms with Crippen molar-refractivity contribution in [3.8, 4) is 0 Å². The third-order valence-electron chi connectivity index (χ3n) is 3.27. The molecule has 6 heteroatoms. The highest BCUT2D eigenvalue weighted by Crippen LogP contribution is 2.25. The van der Waals surface area contributed by atoms with Crippen LogP contribution in [0.2, 0.25) is 5.02 Å². The van der Waals surface area contributed by atoms with Crippen molar-refractivity contribution >= 4 is 40.0 Å². The molecule has 0 bridgehead atoms. The zero-order valence-electron chi connectivity index (χ0n) is 11.0. The maximum atomic E-state index is 5.99. The minimum atomic E-state index is 0.712. The average molecular weight is 315 g/mol. The molecule has 1 aromatic carbocycles. The highest BCUT2D eigenvalue weighted by molar-refractivity contribution is 7.98. The Morgan fingerprint density at radius 3 is 3.14 bits per heavy atom. The van der Waals surface area contributed by atoms with Crippen LogP contribution in [0.1, 0.15) is 5.69 Å². The minimum absolute atomic E-state index is 0.712. The van der Waals surface area contributed by atoms with Gasteiger partial charge in [0, 0.05) is 17.0 Å². The number of hydrogen-bond acceptors (Lipinski definition) is 3. The van der Waals surface area contributed by atoms with Crippen molar-refractivity contribution in [1.29, 1.82) is 0 Å². The number of pyridine rings is 1. The van der Waals surface area contributed by atoms with Crippen LogP contribution in [0, 0.1) is 0 Å². The van der Waals surface area contributed by atoms with Crippen LogP contribution in [0.4, 0.5) is 0 Å². The lowest BCUT2D eigenvalue weighted by atomic mass is 10.3. The summed E-state index contributed by atoms with van der Waals surface area (Å²) < 4.78 is 2.09. The van der Waals surface area contributed by atoms with Crippen molar-refractivity contribution in [3.05, 3.63) is 59.5 Å². The van der Waals surface area contributed by atoms with Gasteiger partial charge in [-0.3, -0.25) is 0 Å². The van der Waals surface area contributed by atoms with Crippen molar-refractivity contribution in [3.63, 3.8) is 0 Å². The zero-order valence-corrected chi connectivity index (χ0v) is 12.5. The topological polar surface area (TPSA) is 46.0 Å². The predicted molar refractivity (Wildman–Crippen MR) is 85.9 cm³/mol. The van der Waals surface area contributed by atoms with Gasteiger partial charge in [-0.25, -0.2) is 9.97 Å². The second-order valence-electron chi connectivity index (χ2n) is 4.67. The lowest BCUT2D eigenvalue weighted by molar-refractivity contribution is 1.06. The molecule has 0 saturated heterocycles. The molecule has 3 heterocycles. The van der Waals surface area contributed by atoms with E-state index in [9.17, 15) is 0 Å². The number of hydrogen-bond donors (Lipinski definition) is 1. The molecule has 0 aliphatic carbocycles. The third-order valence-corrected chi connectivity index (χ3v) is 4.41. The van der Waals surface area contributed by atoms with Gasteiger partial charge in [-0.2, -0.15) is 0 Å². The molecule has 1 N–H and O–H groups in total. The molecule has 104 valence electrons. The number of benzene rings is 1. The van der Waals surface area contributed by atoms with E-state index >= 15 is 0 Å². The Morgan fingerprint density at radius 2 is 2.19 bits per heavy atom. The number of halogens is 1. The molecule has 4 rings (SSSR count). The van der Waals surface area contributed by atoms with Gasteiger partial charge in [0.05, 0.1) is 22.9 Å². The summed E-state index contributed by atoms with van der Waals surface area (Å²) in [5, 5.41) is 1.60. The number of nitrogens with one attached hydrogen (secondary N) is 1. The van der Waals surface area contributed by atoms with Gasteiger partial charge in [0.2, 0.25) is 0 Å². The van der Waals surface area contributed by atoms with E-state index in [2.05, 4.69) is 19.4 Å². The normalized spacial score (nSPS) is 11.5. The summed E-state index contributed by atoms with van der Waals surface area (Å²) >= 11 is 7.64. The lowest BCUT2D eigenvalue weighted by Gasteiger charge is -1.99. The number of H-pyrrole nitrogens is 1. The van der Waals surface area contributed by atoms with Crippen LogP contribution in [-0.4, -0.2) is 19.4 Å². The molecule has 4 nitrogen and oxygen atoms in total. The van der Waals surface area contributed by atoms with Crippen LogP contribution in [-0.2, 0) is 5.75 Å². The van der Waals surface area contributed by atoms with Crippen LogP contribution in [0.5, 0.6) is 0 Å². The molecule has 3 aromatic heterocycles. The minimum Gasteiger partial charge on any atom is -0.333 e. The van der Waals surface area contributed by atoms with Crippen LogP contribution < -0.4 is 0 Å². The number of imidazole rings is 2. The fourth-order valence-corrected chi connectivity index (χ4v) is 3.28. The van der Waals surface area contributed by atoms with E-state index in [4.69, 9.17) is 11.6 Å². The number of nitrogens with zero attached hydrogens (tertiary/aromatic N) is 3. The van der Waals surface area contributed by atoms with Gasteiger partial charge in [0.15, 0.2) is 5.16 Å². The first-order valence-electron chi connectivity index (χ1n) is 6.49. The quantitative estimate of drug-likeness (QED) is 0.578. The summed E-state index contributed by atoms with van der Waals surface area (Å²) in [5.41, 5.74) is 4.00. The molecule has 0 unspecified atom stereocenters. The summed E-state index contributed by atoms with van der Waals surface area (Å²) in [6, 6.07) is 11.7. The summed E-state index contributed by atoms with van der Waals surface area (Å²) in [5.74, 6) is 0.804. The molecule has 0 saturated carbocycles. The van der Waals surface area contributed by atoms with Gasteiger partial charge >= 0.3 is 0 Å². The van der Waals surface area contributed by atoms with E-state index in [1.54, 1.807) is 11.8 Å². The second kappa shape index (κ2) is 5.09. The Bertz CT molecular complexity index is 928. The zero-order chi connectivity index (χ0) is 14.2. The summed E-state index contributed by atoms with van der Waals surface area (Å²) in [7, 11) is 0. The molecule has 0 aliphatic heterocycles. The van der Waals surface area contributed by atoms with Crippen LogP contribution in [0.25, 0.3) is 16.7 Å². The summed E-state index contributed by atoms with van der Waals surface area (Å²) in [4.78, 5) is 12.2. The van der Waals surface area contributed by atoms with Crippen molar-refractivity contribution < 1.29 is 0 Å². The van der Waals surface area contributed by atoms with Crippen molar-refractivity contribution in [2.45, 2.75) is 10.9 Å². The first-order valence-corrected chi connectivity index (χ1v) is 7.85. The van der Waals surface area contributed by atoms with Crippen molar-refractivity contribution in [2.75, 3.05) is 0 Å². The Labute approximate surface area is 130 Å². The Balaban J connectivity index is 1.60. The molecular weight excluding hydrogens is 304 g/mol. The maximum absolute atomic E-state index is 5.99. The third kappa shape index (κ3) is 2.39. The Hall–Kier alpha value is -1.98. The number of thioether (sulfide) groups is 1. The van der Waals surface area contributed by atoms with Gasteiger partial charge in [0.25, 0.3) is 0 Å². The summed E-state index contributed by atoms with van der Waals surface area (Å²) in [6.45, 7) is 0. The first kappa shape index (κ1) is 12.7.